The maximum atomic E-state index is 14.6. The van der Waals surface area contributed by atoms with Crippen LogP contribution in [-0.4, -0.2) is 31.0 Å². The highest BCUT2D eigenvalue weighted by Crippen LogP contribution is 2.28. The molecule has 0 unspecified atom stereocenters. The van der Waals surface area contributed by atoms with Gasteiger partial charge in [0.15, 0.2) is 0 Å². The minimum atomic E-state index is -0.618. The third kappa shape index (κ3) is 3.52. The van der Waals surface area contributed by atoms with E-state index in [9.17, 15) is 9.18 Å². The molecule has 4 N–H and O–H groups in total. The molecule has 2 rings (SSSR count). The van der Waals surface area contributed by atoms with Gasteiger partial charge < -0.3 is 16.4 Å². The summed E-state index contributed by atoms with van der Waals surface area (Å²) in [7, 11) is 1.77. The predicted octanol–water partition coefficient (Wildman–Crippen LogP) is 2.07. The molecule has 0 atom stereocenters. The number of nitrogen functional groups attached to an aromatic ring is 1. The SMILES string of the molecule is CNCCNC(=O)c1cccc(-c2cnc(N)c(Cl)c2)c1F. The summed E-state index contributed by atoms with van der Waals surface area (Å²) in [6, 6.07) is 6.11. The quantitative estimate of drug-likeness (QED) is 0.736. The largest absolute Gasteiger partial charge is 0.382 e. The molecule has 5 nitrogen and oxygen atoms in total. The Kier molecular flexibility index (Phi) is 5.30. The molecule has 1 aromatic carbocycles. The van der Waals surface area contributed by atoms with E-state index in [0.717, 1.165) is 0 Å². The number of nitrogens with one attached hydrogen (secondary N) is 2. The Bertz CT molecular complexity index is 693. The Morgan fingerprint density at radius 3 is 2.86 bits per heavy atom. The number of rotatable bonds is 5. The molecule has 1 aromatic heterocycles. The second-order valence-electron chi connectivity index (χ2n) is 4.62. The summed E-state index contributed by atoms with van der Waals surface area (Å²) in [5, 5.41) is 5.77. The zero-order valence-electron chi connectivity index (χ0n) is 12.0. The maximum absolute atomic E-state index is 14.6. The Hall–Kier alpha value is -2.18. The van der Waals surface area contributed by atoms with Crippen molar-refractivity contribution in [3.8, 4) is 11.1 Å². The van der Waals surface area contributed by atoms with Gasteiger partial charge in [-0.25, -0.2) is 9.37 Å². The number of aromatic nitrogens is 1. The Morgan fingerprint density at radius 1 is 1.41 bits per heavy atom. The predicted molar refractivity (Wildman–Crippen MR) is 85.3 cm³/mol. The normalized spacial score (nSPS) is 10.5. The van der Waals surface area contributed by atoms with Crippen LogP contribution in [0.5, 0.6) is 0 Å². The summed E-state index contributed by atoms with van der Waals surface area (Å²) >= 11 is 5.91. The van der Waals surface area contributed by atoms with Crippen LogP contribution >= 0.6 is 11.6 Å². The third-order valence-electron chi connectivity index (χ3n) is 3.08. The van der Waals surface area contributed by atoms with Gasteiger partial charge in [0.25, 0.3) is 5.91 Å². The smallest absolute Gasteiger partial charge is 0.254 e. The average molecular weight is 323 g/mol. The van der Waals surface area contributed by atoms with Gasteiger partial charge in [-0.2, -0.15) is 0 Å². The van der Waals surface area contributed by atoms with Crippen molar-refractivity contribution < 1.29 is 9.18 Å². The number of likely N-dealkylation sites (N-methyl/N-ethyl adjacent to an activating group) is 1. The minimum Gasteiger partial charge on any atom is -0.382 e. The van der Waals surface area contributed by atoms with Gasteiger partial charge in [0, 0.05) is 30.4 Å². The first-order valence-electron chi connectivity index (χ1n) is 6.67. The number of benzene rings is 1. The second kappa shape index (κ2) is 7.20. The molecule has 22 heavy (non-hydrogen) atoms. The van der Waals surface area contributed by atoms with E-state index in [0.29, 0.717) is 18.7 Å². The van der Waals surface area contributed by atoms with Crippen molar-refractivity contribution in [2.24, 2.45) is 0 Å². The standard InChI is InChI=1S/C15H16ClFN4O/c1-19-5-6-20-15(22)11-4-2-3-10(13(11)17)9-7-12(16)14(18)21-8-9/h2-4,7-8,19H,5-6H2,1H3,(H2,18,21)(H,20,22). The molecule has 0 aliphatic carbocycles. The van der Waals surface area contributed by atoms with Crippen molar-refractivity contribution in [1.29, 1.82) is 0 Å². The van der Waals surface area contributed by atoms with Crippen molar-refractivity contribution in [2.45, 2.75) is 0 Å². The molecule has 7 heteroatoms. The van der Waals surface area contributed by atoms with Gasteiger partial charge in [-0.1, -0.05) is 23.7 Å². The van der Waals surface area contributed by atoms with Crippen LogP contribution in [0.15, 0.2) is 30.5 Å². The zero-order chi connectivity index (χ0) is 16.1. The number of halogens is 2. The first-order chi connectivity index (χ1) is 10.5. The van der Waals surface area contributed by atoms with Crippen LogP contribution in [0, 0.1) is 5.82 Å². The monoisotopic (exact) mass is 322 g/mol. The fourth-order valence-corrected chi connectivity index (χ4v) is 2.09. The molecule has 0 radical (unpaired) electrons. The topological polar surface area (TPSA) is 80.0 Å². The highest BCUT2D eigenvalue weighted by atomic mass is 35.5. The van der Waals surface area contributed by atoms with Crippen molar-refractivity contribution in [3.05, 3.63) is 46.9 Å². The molecule has 0 spiro atoms. The number of carbonyl (C=O) groups excluding carboxylic acids is 1. The molecular weight excluding hydrogens is 307 g/mol. The van der Waals surface area contributed by atoms with E-state index in [1.165, 1.54) is 18.3 Å². The van der Waals surface area contributed by atoms with E-state index >= 15 is 0 Å². The van der Waals surface area contributed by atoms with Gasteiger partial charge in [0.1, 0.15) is 11.6 Å². The molecule has 0 aliphatic rings. The number of pyridine rings is 1. The fraction of sp³-hybridized carbons (Fsp3) is 0.200. The number of nitrogens with zero attached hydrogens (tertiary/aromatic N) is 1. The summed E-state index contributed by atoms with van der Waals surface area (Å²) in [6.07, 6.45) is 1.42. The lowest BCUT2D eigenvalue weighted by molar-refractivity contribution is 0.0950. The molecule has 116 valence electrons. The lowest BCUT2D eigenvalue weighted by atomic mass is 10.0. The lowest BCUT2D eigenvalue weighted by Crippen LogP contribution is -2.31. The molecule has 1 heterocycles. The fourth-order valence-electron chi connectivity index (χ4n) is 1.92. The van der Waals surface area contributed by atoms with Crippen molar-refractivity contribution in [1.82, 2.24) is 15.6 Å². The van der Waals surface area contributed by atoms with E-state index in [4.69, 9.17) is 17.3 Å². The summed E-state index contributed by atoms with van der Waals surface area (Å²) in [4.78, 5) is 15.9. The van der Waals surface area contributed by atoms with Crippen LogP contribution in [0.3, 0.4) is 0 Å². The molecule has 0 saturated heterocycles. The first-order valence-corrected chi connectivity index (χ1v) is 7.05. The van der Waals surface area contributed by atoms with Crippen LogP contribution in [0.25, 0.3) is 11.1 Å². The molecule has 0 bridgehead atoms. The minimum absolute atomic E-state index is 0.0263. The number of anilines is 1. The highest BCUT2D eigenvalue weighted by Gasteiger charge is 2.16. The average Bonchev–Trinajstić information content (AvgIpc) is 2.50. The number of nitrogens with two attached hydrogens (primary N) is 1. The Morgan fingerprint density at radius 2 is 2.18 bits per heavy atom. The molecule has 0 saturated carbocycles. The van der Waals surface area contributed by atoms with Crippen LogP contribution in [-0.2, 0) is 0 Å². The first kappa shape index (κ1) is 16.2. The molecule has 1 amide bonds. The number of hydrogen-bond acceptors (Lipinski definition) is 4. The summed E-state index contributed by atoms with van der Waals surface area (Å²) in [5.74, 6) is -0.914. The van der Waals surface area contributed by atoms with Gasteiger partial charge in [0.2, 0.25) is 0 Å². The molecule has 0 fully saturated rings. The van der Waals surface area contributed by atoms with E-state index in [-0.39, 0.29) is 22.0 Å². The summed E-state index contributed by atoms with van der Waals surface area (Å²) < 4.78 is 14.6. The molecular formula is C15H16ClFN4O. The Balaban J connectivity index is 2.32. The maximum Gasteiger partial charge on any atom is 0.254 e. The van der Waals surface area contributed by atoms with Crippen molar-refractivity contribution in [3.63, 3.8) is 0 Å². The van der Waals surface area contributed by atoms with Crippen LogP contribution < -0.4 is 16.4 Å². The van der Waals surface area contributed by atoms with Crippen LogP contribution in [0.2, 0.25) is 5.02 Å². The van der Waals surface area contributed by atoms with E-state index in [1.807, 2.05) is 0 Å². The van der Waals surface area contributed by atoms with E-state index in [2.05, 4.69) is 15.6 Å². The number of carbonyl (C=O) groups is 1. The number of hydrogen-bond donors (Lipinski definition) is 3. The summed E-state index contributed by atoms with van der Waals surface area (Å²) in [6.45, 7) is 1.01. The van der Waals surface area contributed by atoms with Crippen molar-refractivity contribution in [2.75, 3.05) is 25.9 Å². The van der Waals surface area contributed by atoms with Gasteiger partial charge in [-0.3, -0.25) is 4.79 Å². The van der Waals surface area contributed by atoms with Gasteiger partial charge in [-0.15, -0.1) is 0 Å². The highest BCUT2D eigenvalue weighted by molar-refractivity contribution is 6.33. The lowest BCUT2D eigenvalue weighted by Gasteiger charge is -2.10. The molecule has 2 aromatic rings. The van der Waals surface area contributed by atoms with Gasteiger partial charge in [0.05, 0.1) is 10.6 Å². The number of amides is 1. The van der Waals surface area contributed by atoms with E-state index in [1.54, 1.807) is 19.2 Å². The second-order valence-corrected chi connectivity index (χ2v) is 5.02. The van der Waals surface area contributed by atoms with Crippen molar-refractivity contribution >= 4 is 23.3 Å². The third-order valence-corrected chi connectivity index (χ3v) is 3.39. The molecule has 0 aliphatic heterocycles. The van der Waals surface area contributed by atoms with Gasteiger partial charge in [-0.05, 0) is 19.2 Å². The van der Waals surface area contributed by atoms with E-state index < -0.39 is 11.7 Å². The van der Waals surface area contributed by atoms with Gasteiger partial charge >= 0.3 is 0 Å². The van der Waals surface area contributed by atoms with Crippen LogP contribution in [0.4, 0.5) is 10.2 Å². The van der Waals surface area contributed by atoms with Crippen LogP contribution in [0.1, 0.15) is 10.4 Å². The Labute approximate surface area is 132 Å². The zero-order valence-corrected chi connectivity index (χ0v) is 12.7. The summed E-state index contributed by atoms with van der Waals surface area (Å²) in [5.41, 5.74) is 6.22.